The zero-order valence-electron chi connectivity index (χ0n) is 9.59. The lowest BCUT2D eigenvalue weighted by atomic mass is 10.4. The molecule has 0 saturated heterocycles. The first kappa shape index (κ1) is 14.2. The zero-order valence-corrected chi connectivity index (χ0v) is 11.2. The predicted molar refractivity (Wildman–Crippen MR) is 68.4 cm³/mol. The molecule has 0 aliphatic carbocycles. The van der Waals surface area contributed by atoms with Gasteiger partial charge in [0.05, 0.1) is 6.54 Å². The van der Waals surface area contributed by atoms with Gasteiger partial charge in [0, 0.05) is 24.4 Å². The first-order chi connectivity index (χ1) is 8.06. The summed E-state index contributed by atoms with van der Waals surface area (Å²) in [5.41, 5.74) is 0. The van der Waals surface area contributed by atoms with Gasteiger partial charge in [0.15, 0.2) is 0 Å². The molecule has 0 atom stereocenters. The molecule has 1 heterocycles. The Bertz CT molecular complexity index is 499. The lowest BCUT2D eigenvalue weighted by Gasteiger charge is -2.16. The highest BCUT2D eigenvalue weighted by molar-refractivity contribution is 7.91. The van der Waals surface area contributed by atoms with E-state index in [9.17, 15) is 8.42 Å². The van der Waals surface area contributed by atoms with E-state index in [0.717, 1.165) is 4.88 Å². The average Bonchev–Trinajstić information content (AvgIpc) is 2.75. The quantitative estimate of drug-likeness (QED) is 0.784. The van der Waals surface area contributed by atoms with Crippen molar-refractivity contribution in [3.63, 3.8) is 0 Å². The second-order valence-corrected chi connectivity index (χ2v) is 6.66. The molecular formula is C11H15NO3S2. The third kappa shape index (κ3) is 3.30. The molecule has 0 amide bonds. The molecule has 0 radical (unpaired) electrons. The Hall–Kier alpha value is -0.870. The van der Waals surface area contributed by atoms with Crippen LogP contribution in [-0.4, -0.2) is 37.5 Å². The largest absolute Gasteiger partial charge is 0.396 e. The molecule has 0 aliphatic rings. The Balaban J connectivity index is 2.99. The van der Waals surface area contributed by atoms with Crippen LogP contribution in [0, 0.1) is 12.3 Å². The molecule has 0 fully saturated rings. The van der Waals surface area contributed by atoms with Crippen LogP contribution >= 0.6 is 11.3 Å². The van der Waals surface area contributed by atoms with Gasteiger partial charge in [0.25, 0.3) is 10.0 Å². The van der Waals surface area contributed by atoms with Gasteiger partial charge in [-0.1, -0.05) is 12.8 Å². The van der Waals surface area contributed by atoms with Crippen molar-refractivity contribution >= 4 is 21.4 Å². The van der Waals surface area contributed by atoms with Crippen LogP contribution in [0.2, 0.25) is 0 Å². The summed E-state index contributed by atoms with van der Waals surface area (Å²) < 4.78 is 25.8. The van der Waals surface area contributed by atoms with E-state index in [1.165, 1.54) is 15.6 Å². The van der Waals surface area contributed by atoms with E-state index >= 15 is 0 Å². The minimum Gasteiger partial charge on any atom is -0.396 e. The van der Waals surface area contributed by atoms with Crippen molar-refractivity contribution in [3.05, 3.63) is 17.0 Å². The highest BCUT2D eigenvalue weighted by Crippen LogP contribution is 2.24. The highest BCUT2D eigenvalue weighted by Gasteiger charge is 2.23. The van der Waals surface area contributed by atoms with Crippen molar-refractivity contribution < 1.29 is 13.5 Å². The molecule has 4 nitrogen and oxygen atoms in total. The molecule has 0 unspecified atom stereocenters. The monoisotopic (exact) mass is 273 g/mol. The van der Waals surface area contributed by atoms with E-state index in [4.69, 9.17) is 11.5 Å². The zero-order chi connectivity index (χ0) is 12.9. The molecule has 17 heavy (non-hydrogen) atoms. The van der Waals surface area contributed by atoms with Crippen LogP contribution in [0.3, 0.4) is 0 Å². The molecule has 6 heteroatoms. The average molecular weight is 273 g/mol. The third-order valence-electron chi connectivity index (χ3n) is 2.21. The van der Waals surface area contributed by atoms with Gasteiger partial charge in [-0.3, -0.25) is 0 Å². The van der Waals surface area contributed by atoms with Crippen molar-refractivity contribution in [1.82, 2.24) is 4.31 Å². The molecule has 1 N–H and O–H groups in total. The maximum atomic E-state index is 12.1. The standard InChI is InChI=1S/C11H15NO3S2/c1-3-8-12(4-2)17(14,15)11-6-5-10(16-11)7-9-13/h1,5-6,13H,4,7-9H2,2H3. The Morgan fingerprint density at radius 3 is 2.76 bits per heavy atom. The molecule has 1 aromatic rings. The van der Waals surface area contributed by atoms with Crippen molar-refractivity contribution in [1.29, 1.82) is 0 Å². The van der Waals surface area contributed by atoms with E-state index in [0.29, 0.717) is 13.0 Å². The number of sulfonamides is 1. The van der Waals surface area contributed by atoms with Crippen molar-refractivity contribution in [2.75, 3.05) is 19.7 Å². The summed E-state index contributed by atoms with van der Waals surface area (Å²) in [5, 5.41) is 8.79. The van der Waals surface area contributed by atoms with E-state index in [1.54, 1.807) is 19.1 Å². The van der Waals surface area contributed by atoms with E-state index in [-0.39, 0.29) is 17.4 Å². The Kier molecular flexibility index (Phi) is 5.15. The summed E-state index contributed by atoms with van der Waals surface area (Å²) in [7, 11) is -3.48. The maximum Gasteiger partial charge on any atom is 0.253 e. The fourth-order valence-corrected chi connectivity index (χ4v) is 4.20. The van der Waals surface area contributed by atoms with Crippen LogP contribution in [0.1, 0.15) is 11.8 Å². The van der Waals surface area contributed by atoms with E-state index in [1.807, 2.05) is 0 Å². The predicted octanol–water partition coefficient (Wildman–Crippen LogP) is 0.927. The van der Waals surface area contributed by atoms with Crippen molar-refractivity contribution in [2.24, 2.45) is 0 Å². The number of nitrogens with zero attached hydrogens (tertiary/aromatic N) is 1. The van der Waals surface area contributed by atoms with Crippen LogP contribution in [0.25, 0.3) is 0 Å². The first-order valence-corrected chi connectivity index (χ1v) is 7.45. The maximum absolute atomic E-state index is 12.1. The van der Waals surface area contributed by atoms with E-state index in [2.05, 4.69) is 5.92 Å². The first-order valence-electron chi connectivity index (χ1n) is 5.19. The fraction of sp³-hybridized carbons (Fsp3) is 0.455. The minimum absolute atomic E-state index is 0.0157. The molecule has 1 aromatic heterocycles. The Labute approximate surface area is 106 Å². The van der Waals surface area contributed by atoms with Crippen LogP contribution in [0.4, 0.5) is 0 Å². The minimum atomic E-state index is -3.48. The van der Waals surface area contributed by atoms with Crippen LogP contribution in [0.15, 0.2) is 16.3 Å². The van der Waals surface area contributed by atoms with Gasteiger partial charge in [-0.05, 0) is 12.1 Å². The normalized spacial score (nSPS) is 11.6. The van der Waals surface area contributed by atoms with Crippen LogP contribution in [0.5, 0.6) is 0 Å². The lowest BCUT2D eigenvalue weighted by Crippen LogP contribution is -2.30. The number of hydrogen-bond acceptors (Lipinski definition) is 4. The molecule has 0 bridgehead atoms. The second kappa shape index (κ2) is 6.17. The van der Waals surface area contributed by atoms with Gasteiger partial charge in [0.2, 0.25) is 0 Å². The Morgan fingerprint density at radius 1 is 1.53 bits per heavy atom. The van der Waals surface area contributed by atoms with Crippen LogP contribution < -0.4 is 0 Å². The molecule has 0 aromatic carbocycles. The topological polar surface area (TPSA) is 57.6 Å². The van der Waals surface area contributed by atoms with E-state index < -0.39 is 10.0 Å². The molecule has 94 valence electrons. The number of rotatable bonds is 6. The molecule has 1 rings (SSSR count). The fourth-order valence-electron chi connectivity index (χ4n) is 1.34. The summed E-state index contributed by atoms with van der Waals surface area (Å²) in [5.74, 6) is 2.34. The highest BCUT2D eigenvalue weighted by atomic mass is 32.2. The Morgan fingerprint density at radius 2 is 2.24 bits per heavy atom. The van der Waals surface area contributed by atoms with Gasteiger partial charge in [-0.15, -0.1) is 17.8 Å². The lowest BCUT2D eigenvalue weighted by molar-refractivity contribution is 0.300. The summed E-state index contributed by atoms with van der Waals surface area (Å²) >= 11 is 1.18. The van der Waals surface area contributed by atoms with Gasteiger partial charge in [0.1, 0.15) is 4.21 Å². The molecule has 0 aliphatic heterocycles. The molecular weight excluding hydrogens is 258 g/mol. The second-order valence-electron chi connectivity index (χ2n) is 3.33. The number of terminal acetylenes is 1. The van der Waals surface area contributed by atoms with Gasteiger partial charge < -0.3 is 5.11 Å². The SMILES string of the molecule is C#CCN(CC)S(=O)(=O)c1ccc(CCO)s1. The summed E-state index contributed by atoms with van der Waals surface area (Å²) in [6, 6.07) is 3.28. The number of aliphatic hydroxyl groups is 1. The number of hydrogen-bond donors (Lipinski definition) is 1. The summed E-state index contributed by atoms with van der Waals surface area (Å²) in [6.07, 6.45) is 5.62. The number of thiophene rings is 1. The molecule has 0 saturated carbocycles. The van der Waals surface area contributed by atoms with Gasteiger partial charge in [-0.2, -0.15) is 4.31 Å². The summed E-state index contributed by atoms with van der Waals surface area (Å²) in [6.45, 7) is 2.19. The molecule has 0 spiro atoms. The van der Waals surface area contributed by atoms with Crippen molar-refractivity contribution in [2.45, 2.75) is 17.6 Å². The van der Waals surface area contributed by atoms with Crippen LogP contribution in [-0.2, 0) is 16.4 Å². The van der Waals surface area contributed by atoms with Gasteiger partial charge in [-0.25, -0.2) is 8.42 Å². The smallest absolute Gasteiger partial charge is 0.253 e. The van der Waals surface area contributed by atoms with Crippen molar-refractivity contribution in [3.8, 4) is 12.3 Å². The van der Waals surface area contributed by atoms with Gasteiger partial charge >= 0.3 is 0 Å². The number of aliphatic hydroxyl groups excluding tert-OH is 1. The summed E-state index contributed by atoms with van der Waals surface area (Å²) in [4.78, 5) is 0.850. The third-order valence-corrected chi connectivity index (χ3v) is 5.74.